The number of nitrogens with zero attached hydrogens (tertiary/aromatic N) is 2. The first-order valence-corrected chi connectivity index (χ1v) is 11.0. The molecule has 0 aliphatic carbocycles. The molecule has 3 aromatic rings. The zero-order valence-electron chi connectivity index (χ0n) is 19.4. The monoisotopic (exact) mass is 480 g/mol. The van der Waals surface area contributed by atoms with Gasteiger partial charge in [-0.1, -0.05) is 23.7 Å². The van der Waals surface area contributed by atoms with E-state index in [-0.39, 0.29) is 23.2 Å². The molecule has 1 aromatic heterocycles. The van der Waals surface area contributed by atoms with Crippen LogP contribution in [0.5, 0.6) is 17.4 Å². The highest BCUT2D eigenvalue weighted by Crippen LogP contribution is 2.27. The molecule has 0 amide bonds. The van der Waals surface area contributed by atoms with Gasteiger partial charge < -0.3 is 14.6 Å². The molecule has 0 aliphatic rings. The Bertz CT molecular complexity index is 1320. The van der Waals surface area contributed by atoms with Gasteiger partial charge in [-0.25, -0.2) is 0 Å². The van der Waals surface area contributed by atoms with Gasteiger partial charge in [0.1, 0.15) is 23.1 Å². The lowest BCUT2D eigenvalue weighted by Crippen LogP contribution is -2.31. The summed E-state index contributed by atoms with van der Waals surface area (Å²) in [5, 5.41) is 21.1. The summed E-state index contributed by atoms with van der Waals surface area (Å²) in [6.07, 6.45) is -0.584. The number of carbonyl (C=O) groups excluding carboxylic acids is 1. The SMILES string of the molecule is COc1ccc(CCn2c(O)c(C(=O)C(C)Oc3ccc(Cl)c(C)c3)c(C)c(C#N)c2=O)cc1. The van der Waals surface area contributed by atoms with Gasteiger partial charge in [-0.2, -0.15) is 5.26 Å². The number of aryl methyl sites for hydroxylation is 2. The van der Waals surface area contributed by atoms with E-state index in [9.17, 15) is 20.0 Å². The van der Waals surface area contributed by atoms with Crippen LogP contribution in [0.3, 0.4) is 0 Å². The number of rotatable bonds is 8. The van der Waals surface area contributed by atoms with Gasteiger partial charge in [0.05, 0.1) is 12.7 Å². The van der Waals surface area contributed by atoms with Crippen LogP contribution in [0.2, 0.25) is 5.02 Å². The number of ether oxygens (including phenoxy) is 2. The lowest BCUT2D eigenvalue weighted by atomic mass is 9.99. The number of ketones is 1. The third kappa shape index (κ3) is 5.08. The zero-order chi connectivity index (χ0) is 25.0. The van der Waals surface area contributed by atoms with Crippen molar-refractivity contribution in [2.75, 3.05) is 7.11 Å². The van der Waals surface area contributed by atoms with Crippen molar-refractivity contribution in [1.29, 1.82) is 5.26 Å². The van der Waals surface area contributed by atoms with E-state index >= 15 is 0 Å². The fourth-order valence-electron chi connectivity index (χ4n) is 3.64. The van der Waals surface area contributed by atoms with E-state index in [0.717, 1.165) is 15.7 Å². The highest BCUT2D eigenvalue weighted by atomic mass is 35.5. The van der Waals surface area contributed by atoms with Crippen molar-refractivity contribution in [3.05, 3.63) is 85.7 Å². The van der Waals surface area contributed by atoms with E-state index in [1.807, 2.05) is 25.1 Å². The maximum absolute atomic E-state index is 13.3. The molecule has 0 bridgehead atoms. The largest absolute Gasteiger partial charge is 0.497 e. The molecule has 2 aromatic carbocycles. The van der Waals surface area contributed by atoms with E-state index in [2.05, 4.69) is 0 Å². The van der Waals surface area contributed by atoms with E-state index in [4.69, 9.17) is 21.1 Å². The van der Waals surface area contributed by atoms with Crippen LogP contribution < -0.4 is 15.0 Å². The second kappa shape index (κ2) is 10.4. The summed E-state index contributed by atoms with van der Waals surface area (Å²) >= 11 is 6.05. The number of aromatic nitrogens is 1. The molecule has 0 saturated carbocycles. The standard InChI is InChI=1S/C26H25ClN2O5/c1-15-13-20(9-10-22(15)27)34-17(3)24(30)23-16(2)21(14-28)25(31)29(26(23)32)12-11-18-5-7-19(33-4)8-6-18/h5-10,13,17,32H,11-12H2,1-4H3. The van der Waals surface area contributed by atoms with E-state index in [1.165, 1.54) is 6.92 Å². The summed E-state index contributed by atoms with van der Waals surface area (Å²) in [4.78, 5) is 26.1. The maximum atomic E-state index is 13.3. The van der Waals surface area contributed by atoms with E-state index in [1.54, 1.807) is 44.4 Å². The molecule has 0 aliphatic heterocycles. The normalized spacial score (nSPS) is 11.5. The van der Waals surface area contributed by atoms with Crippen molar-refractivity contribution >= 4 is 17.4 Å². The minimum atomic E-state index is -0.982. The molecule has 1 atom stereocenters. The van der Waals surface area contributed by atoms with Gasteiger partial charge in [0.2, 0.25) is 11.7 Å². The molecular weight excluding hydrogens is 456 g/mol. The average molecular weight is 481 g/mol. The number of hydrogen-bond acceptors (Lipinski definition) is 6. The molecule has 0 radical (unpaired) electrons. The van der Waals surface area contributed by atoms with Crippen molar-refractivity contribution in [2.24, 2.45) is 0 Å². The van der Waals surface area contributed by atoms with Gasteiger partial charge in [0, 0.05) is 11.6 Å². The number of carbonyl (C=O) groups is 1. The third-order valence-electron chi connectivity index (χ3n) is 5.64. The smallest absolute Gasteiger partial charge is 0.271 e. The number of nitriles is 1. The Balaban J connectivity index is 1.94. The maximum Gasteiger partial charge on any atom is 0.271 e. The fraction of sp³-hybridized carbons (Fsp3) is 0.269. The number of aromatic hydroxyl groups is 1. The van der Waals surface area contributed by atoms with Gasteiger partial charge in [0.15, 0.2) is 6.10 Å². The Morgan fingerprint density at radius 2 is 1.82 bits per heavy atom. The molecule has 34 heavy (non-hydrogen) atoms. The minimum absolute atomic E-state index is 0.0812. The van der Waals surface area contributed by atoms with Gasteiger partial charge >= 0.3 is 0 Å². The van der Waals surface area contributed by atoms with Crippen molar-refractivity contribution in [1.82, 2.24) is 4.57 Å². The molecule has 3 rings (SSSR count). The van der Waals surface area contributed by atoms with Crippen LogP contribution in [-0.2, 0) is 13.0 Å². The number of benzene rings is 2. The topological polar surface area (TPSA) is 102 Å². The highest BCUT2D eigenvalue weighted by Gasteiger charge is 2.28. The van der Waals surface area contributed by atoms with E-state index in [0.29, 0.717) is 22.9 Å². The number of methoxy groups -OCH3 is 1. The zero-order valence-corrected chi connectivity index (χ0v) is 20.1. The van der Waals surface area contributed by atoms with Crippen molar-refractivity contribution in [3.8, 4) is 23.4 Å². The predicted molar refractivity (Wildman–Crippen MR) is 129 cm³/mol. The quantitative estimate of drug-likeness (QED) is 0.473. The Hall–Kier alpha value is -3.76. The molecule has 0 spiro atoms. The Kier molecular flexibility index (Phi) is 7.64. The molecule has 8 heteroatoms. The summed E-state index contributed by atoms with van der Waals surface area (Å²) in [6, 6.07) is 14.2. The number of Topliss-reactive ketones (excluding diaryl/α,β-unsaturated/α-hetero) is 1. The first kappa shape index (κ1) is 24.9. The van der Waals surface area contributed by atoms with Crippen LogP contribution in [0.1, 0.15) is 39.5 Å². The molecule has 1 N–H and O–H groups in total. The molecule has 1 heterocycles. The molecule has 7 nitrogen and oxygen atoms in total. The number of halogens is 1. The summed E-state index contributed by atoms with van der Waals surface area (Å²) in [5.41, 5.74) is 0.864. The Morgan fingerprint density at radius 3 is 2.41 bits per heavy atom. The summed E-state index contributed by atoms with van der Waals surface area (Å²) < 4.78 is 12.0. The van der Waals surface area contributed by atoms with Crippen LogP contribution in [-0.4, -0.2) is 28.7 Å². The molecule has 0 saturated heterocycles. The molecule has 176 valence electrons. The van der Waals surface area contributed by atoms with Gasteiger partial charge in [-0.05, 0) is 74.2 Å². The minimum Gasteiger partial charge on any atom is -0.497 e. The summed E-state index contributed by atoms with van der Waals surface area (Å²) in [7, 11) is 1.57. The second-order valence-corrected chi connectivity index (χ2v) is 8.31. The molecule has 0 fully saturated rings. The van der Waals surface area contributed by atoms with Gasteiger partial charge in [0.25, 0.3) is 5.56 Å². The third-order valence-corrected chi connectivity index (χ3v) is 6.07. The fourth-order valence-corrected chi connectivity index (χ4v) is 3.76. The predicted octanol–water partition coefficient (Wildman–Crippen LogP) is 4.60. The second-order valence-electron chi connectivity index (χ2n) is 7.90. The average Bonchev–Trinajstić information content (AvgIpc) is 2.82. The molecule has 1 unspecified atom stereocenters. The van der Waals surface area contributed by atoms with Crippen molar-refractivity contribution < 1.29 is 19.4 Å². The van der Waals surface area contributed by atoms with Gasteiger partial charge in [-0.15, -0.1) is 0 Å². The molecular formula is C26H25ClN2O5. The lowest BCUT2D eigenvalue weighted by Gasteiger charge is -2.19. The van der Waals surface area contributed by atoms with Crippen LogP contribution >= 0.6 is 11.6 Å². The first-order chi connectivity index (χ1) is 16.2. The van der Waals surface area contributed by atoms with E-state index < -0.39 is 23.3 Å². The summed E-state index contributed by atoms with van der Waals surface area (Å²) in [6.45, 7) is 4.91. The highest BCUT2D eigenvalue weighted by molar-refractivity contribution is 6.31. The lowest BCUT2D eigenvalue weighted by molar-refractivity contribution is 0.0812. The van der Waals surface area contributed by atoms with Gasteiger partial charge in [-0.3, -0.25) is 14.2 Å². The van der Waals surface area contributed by atoms with Crippen molar-refractivity contribution in [3.63, 3.8) is 0 Å². The van der Waals surface area contributed by atoms with Crippen LogP contribution in [0, 0.1) is 25.2 Å². The van der Waals surface area contributed by atoms with Crippen molar-refractivity contribution in [2.45, 2.75) is 39.8 Å². The number of pyridine rings is 1. The van der Waals surface area contributed by atoms with Crippen LogP contribution in [0.25, 0.3) is 0 Å². The Labute approximate surface area is 202 Å². The Morgan fingerprint density at radius 1 is 1.18 bits per heavy atom. The van der Waals surface area contributed by atoms with Crippen LogP contribution in [0.15, 0.2) is 47.3 Å². The van der Waals surface area contributed by atoms with Crippen LogP contribution in [0.4, 0.5) is 0 Å². The number of hydrogen-bond donors (Lipinski definition) is 1. The summed E-state index contributed by atoms with van der Waals surface area (Å²) in [5.74, 6) is 0.108. The first-order valence-electron chi connectivity index (χ1n) is 10.6.